The molecular formula is C28H26BF2N3O4S. The minimum absolute atomic E-state index is 0.136. The maximum Gasteiger partial charge on any atom is 0.331 e. The van der Waals surface area contributed by atoms with Crippen LogP contribution in [-0.4, -0.2) is 25.4 Å². The van der Waals surface area contributed by atoms with Crippen molar-refractivity contribution in [3.8, 4) is 11.1 Å². The van der Waals surface area contributed by atoms with E-state index in [4.69, 9.17) is 7.85 Å². The van der Waals surface area contributed by atoms with Crippen LogP contribution < -0.4 is 16.0 Å². The summed E-state index contributed by atoms with van der Waals surface area (Å²) in [5, 5.41) is 0.136. The van der Waals surface area contributed by atoms with Gasteiger partial charge in [0.15, 0.2) is 0 Å². The summed E-state index contributed by atoms with van der Waals surface area (Å²) in [6.07, 6.45) is 1.42. The number of halogens is 2. The van der Waals surface area contributed by atoms with Crippen LogP contribution >= 0.6 is 0 Å². The first-order valence-corrected chi connectivity index (χ1v) is 13.9. The normalized spacial score (nSPS) is 12.2. The van der Waals surface area contributed by atoms with E-state index in [0.29, 0.717) is 30.5 Å². The molecular weight excluding hydrogens is 523 g/mol. The summed E-state index contributed by atoms with van der Waals surface area (Å²) in [5.41, 5.74) is 0.347. The third kappa shape index (κ3) is 5.58. The van der Waals surface area contributed by atoms with Crippen molar-refractivity contribution >= 4 is 39.9 Å². The maximum absolute atomic E-state index is 14.6. The Labute approximate surface area is 225 Å². The number of nitrogens with zero attached hydrogens (tertiary/aromatic N) is 2. The lowest BCUT2D eigenvalue weighted by molar-refractivity contribution is 0.558. The highest BCUT2D eigenvalue weighted by atomic mass is 32.2. The molecule has 7 nitrogen and oxygen atoms in total. The Morgan fingerprint density at radius 3 is 2.23 bits per heavy atom. The van der Waals surface area contributed by atoms with Crippen molar-refractivity contribution in [2.45, 2.75) is 44.7 Å². The third-order valence-corrected chi connectivity index (χ3v) is 7.65. The first-order valence-electron chi connectivity index (χ1n) is 12.4. The van der Waals surface area contributed by atoms with E-state index in [1.54, 1.807) is 0 Å². The van der Waals surface area contributed by atoms with Crippen LogP contribution in [0.2, 0.25) is 0 Å². The van der Waals surface area contributed by atoms with Crippen LogP contribution in [0.4, 0.5) is 14.5 Å². The standard InChI is InChI=1S/C28H26BF2N3O4S/c1-3-13-33-26-12-10-21(16-23(26)27(35)34(14-4-2)28(33)36)39(37,38)32-20-8-5-18(6-9-20)22-11-7-19(15-25(22)31)24(29)17-30/h5-12,15-17,32H,3-4,13-14H2,1-2H3/b24-17-. The third-order valence-electron chi connectivity index (χ3n) is 6.27. The van der Waals surface area contributed by atoms with Crippen LogP contribution in [-0.2, 0) is 23.1 Å². The van der Waals surface area contributed by atoms with Gasteiger partial charge in [0.25, 0.3) is 15.6 Å². The molecule has 3 aromatic carbocycles. The zero-order valence-corrected chi connectivity index (χ0v) is 22.3. The Morgan fingerprint density at radius 2 is 1.62 bits per heavy atom. The van der Waals surface area contributed by atoms with E-state index < -0.39 is 27.1 Å². The molecule has 4 rings (SSSR count). The highest BCUT2D eigenvalue weighted by molar-refractivity contribution is 7.92. The SMILES string of the molecule is [B]/C(=C\F)c1ccc(-c2ccc(NS(=O)(=O)c3ccc4c(c3)c(=O)n(CCC)c(=O)n4CCC)cc2)c(F)c1. The van der Waals surface area contributed by atoms with Crippen molar-refractivity contribution in [1.82, 2.24) is 9.13 Å². The second-order valence-corrected chi connectivity index (χ2v) is 10.7. The van der Waals surface area contributed by atoms with Gasteiger partial charge in [0.1, 0.15) is 13.7 Å². The molecule has 1 heterocycles. The molecule has 0 aliphatic heterocycles. The number of benzene rings is 3. The van der Waals surface area contributed by atoms with Crippen molar-refractivity contribution in [3.63, 3.8) is 0 Å². The van der Waals surface area contributed by atoms with Gasteiger partial charge in [-0.15, -0.1) is 0 Å². The first-order chi connectivity index (χ1) is 18.6. The van der Waals surface area contributed by atoms with Gasteiger partial charge < -0.3 is 0 Å². The summed E-state index contributed by atoms with van der Waals surface area (Å²) in [6, 6.07) is 14.2. The molecule has 0 aliphatic rings. The van der Waals surface area contributed by atoms with Gasteiger partial charge in [-0.25, -0.2) is 22.0 Å². The van der Waals surface area contributed by atoms with E-state index >= 15 is 0 Å². The minimum Gasteiger partial charge on any atom is -0.293 e. The molecule has 4 aromatic rings. The molecule has 0 bridgehead atoms. The molecule has 0 unspecified atom stereocenters. The molecule has 200 valence electrons. The van der Waals surface area contributed by atoms with Gasteiger partial charge in [0.05, 0.1) is 22.1 Å². The average molecular weight is 549 g/mol. The van der Waals surface area contributed by atoms with Gasteiger partial charge in [0.2, 0.25) is 0 Å². The van der Waals surface area contributed by atoms with E-state index in [0.717, 1.165) is 10.6 Å². The summed E-state index contributed by atoms with van der Waals surface area (Å²) >= 11 is 0. The quantitative estimate of drug-likeness (QED) is 0.297. The molecule has 11 heteroatoms. The molecule has 0 amide bonds. The minimum atomic E-state index is -4.10. The Kier molecular flexibility index (Phi) is 8.20. The Balaban J connectivity index is 1.67. The lowest BCUT2D eigenvalue weighted by Gasteiger charge is -2.14. The summed E-state index contributed by atoms with van der Waals surface area (Å²) < 4.78 is 58.7. The molecule has 2 radical (unpaired) electrons. The smallest absolute Gasteiger partial charge is 0.293 e. The second kappa shape index (κ2) is 11.4. The van der Waals surface area contributed by atoms with Gasteiger partial charge in [-0.1, -0.05) is 43.6 Å². The number of aryl methyl sites for hydroxylation is 1. The van der Waals surface area contributed by atoms with Crippen molar-refractivity contribution in [3.05, 3.63) is 99.2 Å². The lowest BCUT2D eigenvalue weighted by Crippen LogP contribution is -2.40. The highest BCUT2D eigenvalue weighted by Gasteiger charge is 2.19. The van der Waals surface area contributed by atoms with E-state index in [1.165, 1.54) is 59.2 Å². The van der Waals surface area contributed by atoms with Crippen molar-refractivity contribution in [2.24, 2.45) is 0 Å². The summed E-state index contributed by atoms with van der Waals surface area (Å²) in [4.78, 5) is 25.8. The largest absolute Gasteiger partial charge is 0.331 e. The molecule has 0 saturated heterocycles. The predicted molar refractivity (Wildman–Crippen MR) is 151 cm³/mol. The summed E-state index contributed by atoms with van der Waals surface area (Å²) in [5.74, 6) is -0.614. The van der Waals surface area contributed by atoms with Gasteiger partial charge in [-0.2, -0.15) is 0 Å². The second-order valence-electron chi connectivity index (χ2n) is 9.01. The van der Waals surface area contributed by atoms with Crippen LogP contribution in [0.3, 0.4) is 0 Å². The van der Waals surface area contributed by atoms with Crippen molar-refractivity contribution < 1.29 is 17.2 Å². The lowest BCUT2D eigenvalue weighted by atomic mass is 9.89. The molecule has 0 fully saturated rings. The van der Waals surface area contributed by atoms with Gasteiger partial charge in [-0.05, 0) is 60.4 Å². The number of nitrogens with one attached hydrogen (secondary N) is 1. The highest BCUT2D eigenvalue weighted by Crippen LogP contribution is 2.28. The number of hydrogen-bond donors (Lipinski definition) is 1. The van der Waals surface area contributed by atoms with Gasteiger partial charge in [0, 0.05) is 24.3 Å². The topological polar surface area (TPSA) is 90.2 Å². The molecule has 1 N–H and O–H groups in total. The number of anilines is 1. The molecule has 1 aromatic heterocycles. The predicted octanol–water partition coefficient (Wildman–Crippen LogP) is 5.03. The molecule has 0 spiro atoms. The van der Waals surface area contributed by atoms with Crippen LogP contribution in [0, 0.1) is 5.82 Å². The van der Waals surface area contributed by atoms with E-state index in [-0.39, 0.29) is 45.4 Å². The molecule has 0 saturated carbocycles. The molecule has 0 aliphatic carbocycles. The Bertz CT molecular complexity index is 1800. The fourth-order valence-electron chi connectivity index (χ4n) is 4.35. The zero-order chi connectivity index (χ0) is 28.3. The zero-order valence-electron chi connectivity index (χ0n) is 21.4. The Hall–Kier alpha value is -3.99. The van der Waals surface area contributed by atoms with Crippen LogP contribution in [0.5, 0.6) is 0 Å². The van der Waals surface area contributed by atoms with Gasteiger partial charge >= 0.3 is 5.69 Å². The van der Waals surface area contributed by atoms with E-state index in [1.807, 2.05) is 13.8 Å². The van der Waals surface area contributed by atoms with Crippen LogP contribution in [0.1, 0.15) is 32.3 Å². The molecule has 39 heavy (non-hydrogen) atoms. The van der Waals surface area contributed by atoms with Crippen LogP contribution in [0.25, 0.3) is 27.5 Å². The van der Waals surface area contributed by atoms with Crippen LogP contribution in [0.15, 0.2) is 81.5 Å². The average Bonchev–Trinajstić information content (AvgIpc) is 2.93. The summed E-state index contributed by atoms with van der Waals surface area (Å²) in [7, 11) is 1.39. The van der Waals surface area contributed by atoms with E-state index in [9.17, 15) is 26.8 Å². The fourth-order valence-corrected chi connectivity index (χ4v) is 5.44. The van der Waals surface area contributed by atoms with Gasteiger partial charge in [-0.3, -0.25) is 18.7 Å². The monoisotopic (exact) mass is 549 g/mol. The Morgan fingerprint density at radius 1 is 0.949 bits per heavy atom. The van der Waals surface area contributed by atoms with E-state index in [2.05, 4.69) is 4.72 Å². The fraction of sp³-hybridized carbons (Fsp3) is 0.214. The summed E-state index contributed by atoms with van der Waals surface area (Å²) in [6.45, 7) is 4.37. The molecule has 0 atom stereocenters. The number of rotatable bonds is 9. The number of sulfonamides is 1. The number of fused-ring (bicyclic) bond motifs is 1. The van der Waals surface area contributed by atoms with Crippen molar-refractivity contribution in [1.29, 1.82) is 0 Å². The maximum atomic E-state index is 14.6. The number of hydrogen-bond acceptors (Lipinski definition) is 4. The number of aromatic nitrogens is 2. The first kappa shape index (κ1) is 28.0. The van der Waals surface area contributed by atoms with Crippen molar-refractivity contribution in [2.75, 3.05) is 4.72 Å².